The summed E-state index contributed by atoms with van der Waals surface area (Å²) in [5, 5.41) is 8.57. The third-order valence-corrected chi connectivity index (χ3v) is 2.27. The summed E-state index contributed by atoms with van der Waals surface area (Å²) in [6.07, 6.45) is 4.57. The van der Waals surface area contributed by atoms with Crippen molar-refractivity contribution in [3.63, 3.8) is 0 Å². The molecule has 2 aromatic rings. The molecule has 15 heavy (non-hydrogen) atoms. The van der Waals surface area contributed by atoms with Crippen LogP contribution in [0.3, 0.4) is 0 Å². The first kappa shape index (κ1) is 9.71. The molecule has 0 spiro atoms. The highest BCUT2D eigenvalue weighted by Gasteiger charge is 2.02. The van der Waals surface area contributed by atoms with E-state index in [1.165, 1.54) is 0 Å². The number of rotatable bonds is 3. The van der Waals surface area contributed by atoms with Gasteiger partial charge in [-0.2, -0.15) is 0 Å². The zero-order valence-corrected chi connectivity index (χ0v) is 8.47. The van der Waals surface area contributed by atoms with Crippen molar-refractivity contribution < 1.29 is 9.90 Å². The molecule has 0 bridgehead atoms. The monoisotopic (exact) mass is 204 g/mol. The second-order valence-electron chi connectivity index (χ2n) is 3.58. The van der Waals surface area contributed by atoms with Crippen molar-refractivity contribution in [1.82, 2.24) is 9.38 Å². The summed E-state index contributed by atoms with van der Waals surface area (Å²) in [6, 6.07) is 3.85. The van der Waals surface area contributed by atoms with Gasteiger partial charge in [0, 0.05) is 18.8 Å². The molecule has 0 amide bonds. The molecule has 2 aromatic heterocycles. The second-order valence-corrected chi connectivity index (χ2v) is 3.58. The summed E-state index contributed by atoms with van der Waals surface area (Å²) in [7, 11) is 0. The third kappa shape index (κ3) is 2.15. The maximum Gasteiger partial charge on any atom is 0.303 e. The standard InChI is InChI=1S/C11H12N2O2/c1-8-7-13-5-4-9(2-3-11(14)15)6-10(13)12-8/h4-7H,2-3H2,1H3,(H,14,15). The average molecular weight is 204 g/mol. The summed E-state index contributed by atoms with van der Waals surface area (Å²) in [5.41, 5.74) is 2.84. The molecule has 0 saturated heterocycles. The van der Waals surface area contributed by atoms with E-state index in [0.717, 1.165) is 16.9 Å². The SMILES string of the molecule is Cc1cn2ccc(CCC(=O)O)cc2n1. The fourth-order valence-corrected chi connectivity index (χ4v) is 1.56. The van der Waals surface area contributed by atoms with Crippen LogP contribution >= 0.6 is 0 Å². The van der Waals surface area contributed by atoms with Crippen molar-refractivity contribution in [2.24, 2.45) is 0 Å². The molecule has 0 radical (unpaired) electrons. The Bertz CT molecular complexity index is 502. The number of aromatic nitrogens is 2. The highest BCUT2D eigenvalue weighted by molar-refractivity contribution is 5.67. The number of pyridine rings is 1. The summed E-state index contributed by atoms with van der Waals surface area (Å²) >= 11 is 0. The highest BCUT2D eigenvalue weighted by atomic mass is 16.4. The molecule has 2 rings (SSSR count). The van der Waals surface area contributed by atoms with Crippen molar-refractivity contribution in [2.75, 3.05) is 0 Å². The van der Waals surface area contributed by atoms with Gasteiger partial charge in [0.15, 0.2) is 0 Å². The van der Waals surface area contributed by atoms with Crippen molar-refractivity contribution in [3.8, 4) is 0 Å². The van der Waals surface area contributed by atoms with Crippen molar-refractivity contribution in [3.05, 3.63) is 35.8 Å². The van der Waals surface area contributed by atoms with Gasteiger partial charge in [-0.1, -0.05) is 0 Å². The molecular formula is C11H12N2O2. The number of fused-ring (bicyclic) bond motifs is 1. The fraction of sp³-hybridized carbons (Fsp3) is 0.273. The number of aryl methyl sites for hydroxylation is 2. The summed E-state index contributed by atoms with van der Waals surface area (Å²) in [5.74, 6) is -0.769. The van der Waals surface area contributed by atoms with E-state index >= 15 is 0 Å². The van der Waals surface area contributed by atoms with E-state index in [2.05, 4.69) is 4.98 Å². The molecule has 0 saturated carbocycles. The molecule has 0 aliphatic rings. The molecule has 0 atom stereocenters. The fourth-order valence-electron chi connectivity index (χ4n) is 1.56. The number of carboxylic acid groups (broad SMARTS) is 1. The molecular weight excluding hydrogens is 192 g/mol. The molecule has 4 heteroatoms. The van der Waals surface area contributed by atoms with Crippen LogP contribution in [0, 0.1) is 6.92 Å². The van der Waals surface area contributed by atoms with Gasteiger partial charge >= 0.3 is 5.97 Å². The summed E-state index contributed by atoms with van der Waals surface area (Å²) < 4.78 is 1.93. The van der Waals surface area contributed by atoms with Crippen LogP contribution in [0.5, 0.6) is 0 Å². The Morgan fingerprint density at radius 3 is 3.13 bits per heavy atom. The lowest BCUT2D eigenvalue weighted by molar-refractivity contribution is -0.136. The Balaban J connectivity index is 2.26. The molecule has 0 unspecified atom stereocenters. The van der Waals surface area contributed by atoms with Gasteiger partial charge in [0.25, 0.3) is 0 Å². The Hall–Kier alpha value is -1.84. The summed E-state index contributed by atoms with van der Waals surface area (Å²) in [4.78, 5) is 14.7. The number of aliphatic carboxylic acids is 1. The van der Waals surface area contributed by atoms with E-state index < -0.39 is 5.97 Å². The maximum atomic E-state index is 10.4. The predicted molar refractivity (Wildman–Crippen MR) is 55.9 cm³/mol. The van der Waals surface area contributed by atoms with Crippen LogP contribution in [-0.2, 0) is 11.2 Å². The van der Waals surface area contributed by atoms with Crippen LogP contribution in [-0.4, -0.2) is 20.5 Å². The molecule has 0 aliphatic carbocycles. The predicted octanol–water partition coefficient (Wildman–Crippen LogP) is 1.66. The zero-order chi connectivity index (χ0) is 10.8. The van der Waals surface area contributed by atoms with E-state index in [1.54, 1.807) is 0 Å². The van der Waals surface area contributed by atoms with Crippen LogP contribution in [0.15, 0.2) is 24.5 Å². The van der Waals surface area contributed by atoms with Gasteiger partial charge in [-0.05, 0) is 31.0 Å². The molecule has 0 aliphatic heterocycles. The number of hydrogen-bond donors (Lipinski definition) is 1. The molecule has 0 aromatic carbocycles. The van der Waals surface area contributed by atoms with Crippen LogP contribution in [0.25, 0.3) is 5.65 Å². The third-order valence-electron chi connectivity index (χ3n) is 2.27. The van der Waals surface area contributed by atoms with E-state index in [4.69, 9.17) is 5.11 Å². The van der Waals surface area contributed by atoms with E-state index in [-0.39, 0.29) is 6.42 Å². The number of imidazole rings is 1. The van der Waals surface area contributed by atoms with Gasteiger partial charge in [0.05, 0.1) is 5.69 Å². The van der Waals surface area contributed by atoms with Gasteiger partial charge in [0.2, 0.25) is 0 Å². The normalized spacial score (nSPS) is 10.7. The van der Waals surface area contributed by atoms with Crippen LogP contribution in [0.2, 0.25) is 0 Å². The highest BCUT2D eigenvalue weighted by Crippen LogP contribution is 2.09. The Morgan fingerprint density at radius 1 is 1.60 bits per heavy atom. The van der Waals surface area contributed by atoms with Gasteiger partial charge in [-0.3, -0.25) is 4.79 Å². The lowest BCUT2D eigenvalue weighted by Crippen LogP contribution is -1.97. The van der Waals surface area contributed by atoms with Crippen LogP contribution in [0.1, 0.15) is 17.7 Å². The second kappa shape index (κ2) is 3.73. The number of hydrogen-bond acceptors (Lipinski definition) is 2. The minimum atomic E-state index is -0.769. The lowest BCUT2D eigenvalue weighted by atomic mass is 10.1. The minimum absolute atomic E-state index is 0.163. The molecule has 78 valence electrons. The van der Waals surface area contributed by atoms with Gasteiger partial charge in [-0.25, -0.2) is 4.98 Å². The van der Waals surface area contributed by atoms with Gasteiger partial charge in [-0.15, -0.1) is 0 Å². The first-order chi connectivity index (χ1) is 7.15. The number of nitrogens with zero attached hydrogens (tertiary/aromatic N) is 2. The topological polar surface area (TPSA) is 54.6 Å². The minimum Gasteiger partial charge on any atom is -0.481 e. The maximum absolute atomic E-state index is 10.4. The van der Waals surface area contributed by atoms with Crippen LogP contribution in [0.4, 0.5) is 0 Å². The molecule has 2 heterocycles. The molecule has 1 N–H and O–H groups in total. The summed E-state index contributed by atoms with van der Waals surface area (Å²) in [6.45, 7) is 1.93. The van der Waals surface area contributed by atoms with Gasteiger partial charge in [0.1, 0.15) is 5.65 Å². The Labute approximate surface area is 87.2 Å². The van der Waals surface area contributed by atoms with E-state index in [1.807, 2.05) is 35.9 Å². The van der Waals surface area contributed by atoms with E-state index in [0.29, 0.717) is 6.42 Å². The largest absolute Gasteiger partial charge is 0.481 e. The first-order valence-electron chi connectivity index (χ1n) is 4.81. The van der Waals surface area contributed by atoms with E-state index in [9.17, 15) is 4.79 Å². The van der Waals surface area contributed by atoms with Crippen molar-refractivity contribution in [2.45, 2.75) is 19.8 Å². The quantitative estimate of drug-likeness (QED) is 0.827. The van der Waals surface area contributed by atoms with Crippen molar-refractivity contribution >= 4 is 11.6 Å². The molecule has 0 fully saturated rings. The molecule has 4 nitrogen and oxygen atoms in total. The number of carbonyl (C=O) groups is 1. The number of carboxylic acids is 1. The lowest BCUT2D eigenvalue weighted by Gasteiger charge is -1.99. The first-order valence-corrected chi connectivity index (χ1v) is 4.81. The van der Waals surface area contributed by atoms with Gasteiger partial charge < -0.3 is 9.51 Å². The zero-order valence-electron chi connectivity index (χ0n) is 8.47. The Morgan fingerprint density at radius 2 is 2.40 bits per heavy atom. The smallest absolute Gasteiger partial charge is 0.303 e. The Kier molecular flexibility index (Phi) is 2.41. The van der Waals surface area contributed by atoms with Crippen LogP contribution < -0.4 is 0 Å². The average Bonchev–Trinajstić information content (AvgIpc) is 2.53. The van der Waals surface area contributed by atoms with Crippen molar-refractivity contribution in [1.29, 1.82) is 0 Å².